The van der Waals surface area contributed by atoms with E-state index < -0.39 is 5.97 Å². The molecule has 5 nitrogen and oxygen atoms in total. The van der Waals surface area contributed by atoms with E-state index in [-0.39, 0.29) is 17.7 Å². The summed E-state index contributed by atoms with van der Waals surface area (Å²) in [5, 5.41) is 11.7. The molecule has 0 spiro atoms. The highest BCUT2D eigenvalue weighted by molar-refractivity contribution is 5.78. The lowest BCUT2D eigenvalue weighted by Crippen LogP contribution is -2.54. The maximum Gasteiger partial charge on any atom is 0.306 e. The molecule has 2 N–H and O–H groups in total. The van der Waals surface area contributed by atoms with E-state index in [0.29, 0.717) is 12.6 Å². The van der Waals surface area contributed by atoms with Crippen LogP contribution in [0.3, 0.4) is 0 Å². The normalized spacial score (nSPS) is 23.6. The number of nitrogens with one attached hydrogen (secondary N) is 1. The van der Waals surface area contributed by atoms with Crippen molar-refractivity contribution >= 4 is 11.9 Å². The Labute approximate surface area is 94.8 Å². The van der Waals surface area contributed by atoms with Crippen LogP contribution in [0.15, 0.2) is 0 Å². The Morgan fingerprint density at radius 1 is 1.44 bits per heavy atom. The second-order valence-corrected chi connectivity index (χ2v) is 4.92. The number of carbonyl (C=O) groups is 2. The molecule has 16 heavy (non-hydrogen) atoms. The van der Waals surface area contributed by atoms with Crippen molar-refractivity contribution in [1.29, 1.82) is 0 Å². The van der Waals surface area contributed by atoms with Gasteiger partial charge in [-0.1, -0.05) is 6.92 Å². The third kappa shape index (κ3) is 2.72. The van der Waals surface area contributed by atoms with Gasteiger partial charge in [0.1, 0.15) is 0 Å². The molecule has 1 saturated carbocycles. The standard InChI is InChI=1S/C11H18N2O3/c1-7(11(15)16)8-4-13(5-8)6-10(14)12-9-2-3-9/h7-9H,2-6H2,1H3,(H,12,14)(H,15,16). The lowest BCUT2D eigenvalue weighted by molar-refractivity contribution is -0.145. The largest absolute Gasteiger partial charge is 0.481 e. The predicted octanol–water partition coefficient (Wildman–Crippen LogP) is -0.0825. The molecular weight excluding hydrogens is 208 g/mol. The Balaban J connectivity index is 1.64. The summed E-state index contributed by atoms with van der Waals surface area (Å²) < 4.78 is 0. The van der Waals surface area contributed by atoms with E-state index in [0.717, 1.165) is 25.9 Å². The van der Waals surface area contributed by atoms with Gasteiger partial charge in [0, 0.05) is 19.1 Å². The van der Waals surface area contributed by atoms with E-state index in [2.05, 4.69) is 5.32 Å². The van der Waals surface area contributed by atoms with Crippen LogP contribution in [-0.4, -0.2) is 47.6 Å². The van der Waals surface area contributed by atoms with Gasteiger partial charge in [-0.25, -0.2) is 0 Å². The quantitative estimate of drug-likeness (QED) is 0.688. The third-order valence-corrected chi connectivity index (χ3v) is 3.39. The summed E-state index contributed by atoms with van der Waals surface area (Å²) in [5.74, 6) is -0.773. The van der Waals surface area contributed by atoms with Crippen molar-refractivity contribution in [2.24, 2.45) is 11.8 Å². The van der Waals surface area contributed by atoms with Crippen LogP contribution >= 0.6 is 0 Å². The first-order valence-electron chi connectivity index (χ1n) is 5.81. The predicted molar refractivity (Wildman–Crippen MR) is 57.9 cm³/mol. The summed E-state index contributed by atoms with van der Waals surface area (Å²) in [7, 11) is 0. The monoisotopic (exact) mass is 226 g/mol. The molecule has 1 unspecified atom stereocenters. The number of carboxylic acid groups (broad SMARTS) is 1. The molecule has 1 amide bonds. The van der Waals surface area contributed by atoms with Crippen LogP contribution in [0.2, 0.25) is 0 Å². The summed E-state index contributed by atoms with van der Waals surface area (Å²) in [6.45, 7) is 3.60. The van der Waals surface area contributed by atoms with Gasteiger partial charge in [-0.2, -0.15) is 0 Å². The van der Waals surface area contributed by atoms with Gasteiger partial charge in [-0.3, -0.25) is 14.5 Å². The van der Waals surface area contributed by atoms with Gasteiger partial charge in [-0.05, 0) is 18.8 Å². The number of rotatable bonds is 5. The molecule has 1 atom stereocenters. The number of carbonyl (C=O) groups excluding carboxylic acids is 1. The molecule has 2 rings (SSSR count). The highest BCUT2D eigenvalue weighted by Gasteiger charge is 2.35. The Morgan fingerprint density at radius 2 is 2.06 bits per heavy atom. The van der Waals surface area contributed by atoms with E-state index in [4.69, 9.17) is 5.11 Å². The fourth-order valence-electron chi connectivity index (χ4n) is 1.96. The topological polar surface area (TPSA) is 69.6 Å². The average Bonchev–Trinajstić information content (AvgIpc) is 2.93. The SMILES string of the molecule is CC(C(=O)O)C1CN(CC(=O)NC2CC2)C1. The van der Waals surface area contributed by atoms with Crippen molar-refractivity contribution in [1.82, 2.24) is 10.2 Å². The van der Waals surface area contributed by atoms with Gasteiger partial charge in [-0.15, -0.1) is 0 Å². The first-order chi connectivity index (χ1) is 7.56. The molecule has 1 aliphatic heterocycles. The van der Waals surface area contributed by atoms with E-state index in [1.165, 1.54) is 0 Å². The van der Waals surface area contributed by atoms with Gasteiger partial charge >= 0.3 is 5.97 Å². The summed E-state index contributed by atoms with van der Waals surface area (Å²) in [6.07, 6.45) is 2.20. The molecule has 1 heterocycles. The van der Waals surface area contributed by atoms with Gasteiger partial charge in [0.15, 0.2) is 0 Å². The minimum atomic E-state index is -0.743. The van der Waals surface area contributed by atoms with Crippen molar-refractivity contribution in [3.05, 3.63) is 0 Å². The fraction of sp³-hybridized carbons (Fsp3) is 0.818. The molecular formula is C11H18N2O3. The Morgan fingerprint density at radius 3 is 2.56 bits per heavy atom. The summed E-state index contributed by atoms with van der Waals surface area (Å²) >= 11 is 0. The number of hydrogen-bond acceptors (Lipinski definition) is 3. The van der Waals surface area contributed by atoms with Crippen LogP contribution in [0, 0.1) is 11.8 Å². The van der Waals surface area contributed by atoms with Gasteiger partial charge in [0.05, 0.1) is 12.5 Å². The molecule has 0 aromatic rings. The van der Waals surface area contributed by atoms with Crippen molar-refractivity contribution in [3.8, 4) is 0 Å². The lowest BCUT2D eigenvalue weighted by atomic mass is 9.87. The van der Waals surface area contributed by atoms with Crippen LogP contribution in [0.1, 0.15) is 19.8 Å². The molecule has 1 aliphatic carbocycles. The molecule has 0 radical (unpaired) electrons. The molecule has 5 heteroatoms. The summed E-state index contributed by atoms with van der Waals surface area (Å²) in [6, 6.07) is 0.405. The van der Waals surface area contributed by atoms with Crippen LogP contribution in [0.25, 0.3) is 0 Å². The Kier molecular flexibility index (Phi) is 3.14. The van der Waals surface area contributed by atoms with E-state index in [1.807, 2.05) is 4.90 Å². The van der Waals surface area contributed by atoms with Crippen molar-refractivity contribution in [3.63, 3.8) is 0 Å². The molecule has 2 fully saturated rings. The smallest absolute Gasteiger partial charge is 0.306 e. The first kappa shape index (κ1) is 11.4. The number of nitrogens with zero attached hydrogens (tertiary/aromatic N) is 1. The summed E-state index contributed by atoms with van der Waals surface area (Å²) in [5.41, 5.74) is 0. The van der Waals surface area contributed by atoms with Crippen LogP contribution in [0.5, 0.6) is 0 Å². The van der Waals surface area contributed by atoms with Crippen molar-refractivity contribution < 1.29 is 14.7 Å². The summed E-state index contributed by atoms with van der Waals surface area (Å²) in [4.78, 5) is 24.2. The second kappa shape index (κ2) is 4.41. The van der Waals surface area contributed by atoms with Gasteiger partial charge < -0.3 is 10.4 Å². The maximum atomic E-state index is 11.4. The zero-order valence-electron chi connectivity index (χ0n) is 9.48. The van der Waals surface area contributed by atoms with Crippen molar-refractivity contribution in [2.75, 3.05) is 19.6 Å². The second-order valence-electron chi connectivity index (χ2n) is 4.92. The van der Waals surface area contributed by atoms with Crippen molar-refractivity contribution in [2.45, 2.75) is 25.8 Å². The Bertz CT molecular complexity index is 296. The van der Waals surface area contributed by atoms with Crippen LogP contribution < -0.4 is 5.32 Å². The molecule has 0 aromatic carbocycles. The number of aliphatic carboxylic acids is 1. The average molecular weight is 226 g/mol. The molecule has 2 aliphatic rings. The highest BCUT2D eigenvalue weighted by Crippen LogP contribution is 2.24. The molecule has 0 aromatic heterocycles. The first-order valence-corrected chi connectivity index (χ1v) is 5.81. The number of amides is 1. The van der Waals surface area contributed by atoms with E-state index in [1.54, 1.807) is 6.92 Å². The van der Waals surface area contributed by atoms with Gasteiger partial charge in [0.25, 0.3) is 0 Å². The number of carboxylic acids is 1. The van der Waals surface area contributed by atoms with Crippen LogP contribution in [0.4, 0.5) is 0 Å². The number of hydrogen-bond donors (Lipinski definition) is 2. The molecule has 0 bridgehead atoms. The molecule has 1 saturated heterocycles. The number of likely N-dealkylation sites (tertiary alicyclic amines) is 1. The third-order valence-electron chi connectivity index (χ3n) is 3.39. The minimum absolute atomic E-state index is 0.0731. The van der Waals surface area contributed by atoms with E-state index >= 15 is 0 Å². The molecule has 90 valence electrons. The lowest BCUT2D eigenvalue weighted by Gasteiger charge is -2.40. The van der Waals surface area contributed by atoms with E-state index in [9.17, 15) is 9.59 Å². The fourth-order valence-corrected chi connectivity index (χ4v) is 1.96. The maximum absolute atomic E-state index is 11.4. The van der Waals surface area contributed by atoms with Crippen LogP contribution in [-0.2, 0) is 9.59 Å². The minimum Gasteiger partial charge on any atom is -0.481 e. The highest BCUT2D eigenvalue weighted by atomic mass is 16.4. The zero-order chi connectivity index (χ0) is 11.7. The zero-order valence-corrected chi connectivity index (χ0v) is 9.48. The van der Waals surface area contributed by atoms with Gasteiger partial charge in [0.2, 0.25) is 5.91 Å². The Hall–Kier alpha value is -1.10.